The molecule has 1 aliphatic carbocycles. The van der Waals surface area contributed by atoms with E-state index in [2.05, 4.69) is 27.6 Å². The summed E-state index contributed by atoms with van der Waals surface area (Å²) in [4.78, 5) is 14.3. The van der Waals surface area contributed by atoms with E-state index in [1.807, 2.05) is 48.5 Å². The smallest absolute Gasteiger partial charge is 0.258 e. The maximum absolute atomic E-state index is 12.7. The normalized spacial score (nSPS) is 15.2. The summed E-state index contributed by atoms with van der Waals surface area (Å²) in [7, 11) is 0. The summed E-state index contributed by atoms with van der Waals surface area (Å²) < 4.78 is 5.94. The monoisotopic (exact) mass is 442 g/mol. The molecule has 1 amide bonds. The predicted octanol–water partition coefficient (Wildman–Crippen LogP) is 3.53. The fourth-order valence-electron chi connectivity index (χ4n) is 4.38. The standard InChI is InChI=1S/C26H26N4O3/c31-15-14-18-12-13-25(24(16-18)30-28-22-9-3-4-10-23(22)29-30)33-17-26(32)27-21-11-5-7-19-6-1-2-8-20(19)21/h1-4,6,8-10,12-13,16,21,31H,5,7,11,14-15,17H2,(H,27,32)/t21-/m0/s1. The van der Waals surface area contributed by atoms with Crippen LogP contribution in [-0.4, -0.2) is 39.2 Å². The first kappa shape index (κ1) is 21.2. The molecule has 0 unspecified atom stereocenters. The number of nitrogens with one attached hydrogen (secondary N) is 1. The van der Waals surface area contributed by atoms with E-state index in [9.17, 15) is 9.90 Å². The number of nitrogens with zero attached hydrogens (tertiary/aromatic N) is 3. The third-order valence-electron chi connectivity index (χ3n) is 5.99. The molecule has 0 radical (unpaired) electrons. The number of hydrogen-bond donors (Lipinski definition) is 2. The molecule has 0 bridgehead atoms. The number of aryl methyl sites for hydroxylation is 1. The van der Waals surface area contributed by atoms with Crippen LogP contribution in [0.2, 0.25) is 0 Å². The molecule has 7 nitrogen and oxygen atoms in total. The zero-order valence-corrected chi connectivity index (χ0v) is 18.3. The fourth-order valence-corrected chi connectivity index (χ4v) is 4.38. The predicted molar refractivity (Wildman–Crippen MR) is 125 cm³/mol. The zero-order chi connectivity index (χ0) is 22.6. The van der Waals surface area contributed by atoms with Gasteiger partial charge in [0.1, 0.15) is 22.5 Å². The highest BCUT2D eigenvalue weighted by Gasteiger charge is 2.22. The quantitative estimate of drug-likeness (QED) is 0.457. The maximum Gasteiger partial charge on any atom is 0.258 e. The van der Waals surface area contributed by atoms with E-state index >= 15 is 0 Å². The Labute approximate surface area is 192 Å². The van der Waals surface area contributed by atoms with Crippen LogP contribution in [0, 0.1) is 0 Å². The lowest BCUT2D eigenvalue weighted by molar-refractivity contribution is -0.123. The van der Waals surface area contributed by atoms with Gasteiger partial charge in [0.15, 0.2) is 6.61 Å². The molecular formula is C26H26N4O3. The van der Waals surface area contributed by atoms with Crippen LogP contribution in [0.5, 0.6) is 5.75 Å². The number of aromatic nitrogens is 3. The second kappa shape index (κ2) is 9.42. The van der Waals surface area contributed by atoms with Gasteiger partial charge >= 0.3 is 0 Å². The Hall–Kier alpha value is -3.71. The molecule has 168 valence electrons. The molecule has 33 heavy (non-hydrogen) atoms. The van der Waals surface area contributed by atoms with Crippen LogP contribution in [-0.2, 0) is 17.6 Å². The fraction of sp³-hybridized carbons (Fsp3) is 0.269. The molecule has 0 fully saturated rings. The highest BCUT2D eigenvalue weighted by Crippen LogP contribution is 2.29. The second-order valence-electron chi connectivity index (χ2n) is 8.25. The van der Waals surface area contributed by atoms with Gasteiger partial charge in [-0.15, -0.1) is 15.0 Å². The molecule has 1 aliphatic rings. The Morgan fingerprint density at radius 3 is 2.61 bits per heavy atom. The number of ether oxygens (including phenoxy) is 1. The summed E-state index contributed by atoms with van der Waals surface area (Å²) in [6.45, 7) is -0.0643. The van der Waals surface area contributed by atoms with Crippen molar-refractivity contribution in [1.82, 2.24) is 20.3 Å². The zero-order valence-electron chi connectivity index (χ0n) is 18.3. The van der Waals surface area contributed by atoms with Crippen LogP contribution in [0.1, 0.15) is 35.6 Å². The van der Waals surface area contributed by atoms with E-state index < -0.39 is 0 Å². The lowest BCUT2D eigenvalue weighted by Gasteiger charge is -2.26. The van der Waals surface area contributed by atoms with Crippen molar-refractivity contribution in [3.8, 4) is 11.4 Å². The number of benzene rings is 3. The van der Waals surface area contributed by atoms with E-state index in [0.29, 0.717) is 17.9 Å². The Morgan fingerprint density at radius 1 is 1.06 bits per heavy atom. The maximum atomic E-state index is 12.7. The molecular weight excluding hydrogens is 416 g/mol. The van der Waals surface area contributed by atoms with Crippen molar-refractivity contribution < 1.29 is 14.6 Å². The number of aliphatic hydroxyl groups is 1. The van der Waals surface area contributed by atoms with Crippen LogP contribution < -0.4 is 10.1 Å². The minimum atomic E-state index is -0.166. The molecule has 0 aliphatic heterocycles. The number of hydrogen-bond acceptors (Lipinski definition) is 5. The van der Waals surface area contributed by atoms with Gasteiger partial charge in [0.05, 0.1) is 6.04 Å². The summed E-state index contributed by atoms with van der Waals surface area (Å²) >= 11 is 0. The van der Waals surface area contributed by atoms with Gasteiger partial charge in [-0.25, -0.2) is 0 Å². The molecule has 5 rings (SSSR count). The molecule has 1 heterocycles. The Morgan fingerprint density at radius 2 is 1.82 bits per heavy atom. The summed E-state index contributed by atoms with van der Waals surface area (Å²) in [5.74, 6) is 0.344. The van der Waals surface area contributed by atoms with Crippen molar-refractivity contribution in [2.75, 3.05) is 13.2 Å². The average molecular weight is 443 g/mol. The number of amides is 1. The van der Waals surface area contributed by atoms with Gasteiger partial charge in [-0.05, 0) is 66.6 Å². The number of rotatable bonds is 7. The van der Waals surface area contributed by atoms with Gasteiger partial charge in [-0.1, -0.05) is 42.5 Å². The summed E-state index contributed by atoms with van der Waals surface area (Å²) in [6, 6.07) is 21.5. The molecule has 1 atom stereocenters. The molecule has 1 aromatic heterocycles. The molecule has 0 saturated heterocycles. The van der Waals surface area contributed by atoms with Gasteiger partial charge in [0, 0.05) is 6.61 Å². The first-order valence-corrected chi connectivity index (χ1v) is 11.3. The number of carbonyl (C=O) groups excluding carboxylic acids is 1. The van der Waals surface area contributed by atoms with Crippen LogP contribution in [0.3, 0.4) is 0 Å². The van der Waals surface area contributed by atoms with E-state index in [1.165, 1.54) is 15.9 Å². The molecule has 0 saturated carbocycles. The van der Waals surface area contributed by atoms with Crippen LogP contribution in [0.25, 0.3) is 16.7 Å². The van der Waals surface area contributed by atoms with Crippen molar-refractivity contribution >= 4 is 16.9 Å². The van der Waals surface area contributed by atoms with Crippen LogP contribution >= 0.6 is 0 Å². The third-order valence-corrected chi connectivity index (χ3v) is 5.99. The topological polar surface area (TPSA) is 89.3 Å². The van der Waals surface area contributed by atoms with E-state index in [-0.39, 0.29) is 25.2 Å². The van der Waals surface area contributed by atoms with Crippen molar-refractivity contribution in [1.29, 1.82) is 0 Å². The second-order valence-corrected chi connectivity index (χ2v) is 8.25. The number of aliphatic hydroxyl groups excluding tert-OH is 1. The van der Waals surface area contributed by atoms with Crippen molar-refractivity contribution in [2.45, 2.75) is 31.7 Å². The van der Waals surface area contributed by atoms with E-state index in [4.69, 9.17) is 4.74 Å². The number of fused-ring (bicyclic) bond motifs is 2. The average Bonchev–Trinajstić information content (AvgIpc) is 3.28. The largest absolute Gasteiger partial charge is 0.481 e. The first-order valence-electron chi connectivity index (χ1n) is 11.3. The summed E-state index contributed by atoms with van der Waals surface area (Å²) in [5.41, 5.74) is 5.60. The highest BCUT2D eigenvalue weighted by atomic mass is 16.5. The van der Waals surface area contributed by atoms with Gasteiger partial charge in [-0.3, -0.25) is 4.79 Å². The Kier molecular flexibility index (Phi) is 6.04. The Balaban J connectivity index is 1.34. The van der Waals surface area contributed by atoms with Crippen LogP contribution in [0.4, 0.5) is 0 Å². The first-order chi connectivity index (χ1) is 16.2. The molecule has 3 aromatic carbocycles. The summed E-state index contributed by atoms with van der Waals surface area (Å²) in [6.07, 6.45) is 3.54. The summed E-state index contributed by atoms with van der Waals surface area (Å²) in [5, 5.41) is 21.6. The van der Waals surface area contributed by atoms with E-state index in [1.54, 1.807) is 6.07 Å². The van der Waals surface area contributed by atoms with E-state index in [0.717, 1.165) is 35.9 Å². The molecule has 4 aromatic rings. The SMILES string of the molecule is O=C(COc1ccc(CCO)cc1-n1nc2ccccc2n1)N[C@H]1CCCc2ccccc21. The van der Waals surface area contributed by atoms with Crippen molar-refractivity contribution in [2.24, 2.45) is 0 Å². The number of carbonyl (C=O) groups is 1. The highest BCUT2D eigenvalue weighted by molar-refractivity contribution is 5.78. The van der Waals surface area contributed by atoms with Gasteiger partial charge < -0.3 is 15.2 Å². The molecule has 2 N–H and O–H groups in total. The molecule has 7 heteroatoms. The Bertz CT molecular complexity index is 1250. The van der Waals surface area contributed by atoms with Gasteiger partial charge in [0.25, 0.3) is 5.91 Å². The van der Waals surface area contributed by atoms with Gasteiger partial charge in [0.2, 0.25) is 0 Å². The minimum Gasteiger partial charge on any atom is -0.481 e. The lowest BCUT2D eigenvalue weighted by Crippen LogP contribution is -2.34. The molecule has 0 spiro atoms. The van der Waals surface area contributed by atoms with Crippen molar-refractivity contribution in [3.63, 3.8) is 0 Å². The minimum absolute atomic E-state index is 0.00975. The van der Waals surface area contributed by atoms with Crippen molar-refractivity contribution in [3.05, 3.63) is 83.4 Å². The third kappa shape index (κ3) is 4.59. The van der Waals surface area contributed by atoms with Crippen LogP contribution in [0.15, 0.2) is 66.7 Å². The lowest BCUT2D eigenvalue weighted by atomic mass is 9.88. The van der Waals surface area contributed by atoms with Gasteiger partial charge in [-0.2, -0.15) is 0 Å².